The second-order valence-electron chi connectivity index (χ2n) is 6.89. The Morgan fingerprint density at radius 3 is 2.64 bits per heavy atom. The number of morpholine rings is 1. The molecule has 7 heteroatoms. The number of anilines is 1. The molecule has 146 valence electrons. The van der Waals surface area contributed by atoms with E-state index < -0.39 is 0 Å². The summed E-state index contributed by atoms with van der Waals surface area (Å²) in [5.41, 5.74) is 1.55. The summed E-state index contributed by atoms with van der Waals surface area (Å²) in [6, 6.07) is 15.1. The Kier molecular flexibility index (Phi) is 6.22. The zero-order valence-electron chi connectivity index (χ0n) is 15.6. The molecule has 0 spiro atoms. The van der Waals surface area contributed by atoms with Crippen LogP contribution in [0.2, 0.25) is 5.02 Å². The van der Waals surface area contributed by atoms with Gasteiger partial charge in [0.1, 0.15) is 13.1 Å². The van der Waals surface area contributed by atoms with Crippen LogP contribution >= 0.6 is 22.9 Å². The van der Waals surface area contributed by atoms with Gasteiger partial charge in [-0.1, -0.05) is 35.1 Å². The van der Waals surface area contributed by atoms with Crippen molar-refractivity contribution in [2.24, 2.45) is 0 Å². The maximum atomic E-state index is 13.2. The number of nitrogens with one attached hydrogen (secondary N) is 1. The number of rotatable bonds is 6. The van der Waals surface area contributed by atoms with E-state index >= 15 is 0 Å². The van der Waals surface area contributed by atoms with Crippen LogP contribution in [-0.2, 0) is 4.74 Å². The molecule has 0 atom stereocenters. The summed E-state index contributed by atoms with van der Waals surface area (Å²) in [6.45, 7) is 5.38. The number of carbonyl (C=O) groups is 1. The lowest BCUT2D eigenvalue weighted by molar-refractivity contribution is -0.908. The fourth-order valence-electron chi connectivity index (χ4n) is 3.41. The van der Waals surface area contributed by atoms with Crippen LogP contribution in [0.5, 0.6) is 0 Å². The third kappa shape index (κ3) is 4.52. The lowest BCUT2D eigenvalue weighted by atomic mass is 10.2. The summed E-state index contributed by atoms with van der Waals surface area (Å²) >= 11 is 7.55. The van der Waals surface area contributed by atoms with Gasteiger partial charge < -0.3 is 9.64 Å². The average molecular weight is 417 g/mol. The molecule has 1 aliphatic heterocycles. The Hall–Kier alpha value is -1.99. The first-order valence-electron chi connectivity index (χ1n) is 9.55. The quantitative estimate of drug-likeness (QED) is 0.672. The number of fused-ring (bicyclic) bond motifs is 1. The maximum absolute atomic E-state index is 13.2. The number of benzene rings is 2. The molecule has 0 aliphatic carbocycles. The van der Waals surface area contributed by atoms with Crippen LogP contribution in [0.1, 0.15) is 16.8 Å². The van der Waals surface area contributed by atoms with Gasteiger partial charge in [-0.15, -0.1) is 0 Å². The van der Waals surface area contributed by atoms with Crippen LogP contribution < -0.4 is 9.80 Å². The Morgan fingerprint density at radius 2 is 1.89 bits per heavy atom. The Balaban J connectivity index is 1.54. The molecule has 1 aliphatic rings. The highest BCUT2D eigenvalue weighted by Crippen LogP contribution is 2.29. The molecule has 1 saturated heterocycles. The van der Waals surface area contributed by atoms with Crippen LogP contribution in [0.15, 0.2) is 48.5 Å². The highest BCUT2D eigenvalue weighted by atomic mass is 35.5. The molecular weight excluding hydrogens is 394 g/mol. The Bertz CT molecular complexity index is 905. The van der Waals surface area contributed by atoms with E-state index in [9.17, 15) is 4.79 Å². The highest BCUT2D eigenvalue weighted by molar-refractivity contribution is 7.22. The van der Waals surface area contributed by atoms with Crippen molar-refractivity contribution in [3.63, 3.8) is 0 Å². The van der Waals surface area contributed by atoms with Crippen LogP contribution in [0.4, 0.5) is 5.13 Å². The summed E-state index contributed by atoms with van der Waals surface area (Å²) in [7, 11) is 0. The number of hydrogen-bond donors (Lipinski definition) is 1. The second kappa shape index (κ2) is 9.01. The molecule has 2 aromatic carbocycles. The van der Waals surface area contributed by atoms with E-state index in [2.05, 4.69) is 0 Å². The number of carbonyl (C=O) groups excluding carboxylic acids is 1. The molecule has 1 amide bonds. The van der Waals surface area contributed by atoms with Crippen LogP contribution in [-0.4, -0.2) is 50.3 Å². The molecule has 2 heterocycles. The van der Waals surface area contributed by atoms with E-state index in [-0.39, 0.29) is 5.91 Å². The summed E-state index contributed by atoms with van der Waals surface area (Å²) in [6.07, 6.45) is 0.921. The molecule has 0 saturated carbocycles. The SMILES string of the molecule is O=C(c1ccc(Cl)cc1)N(CCC[NH+]1CCOCC1)c1nc2ccccc2s1. The van der Waals surface area contributed by atoms with Gasteiger partial charge in [0.15, 0.2) is 5.13 Å². The van der Waals surface area contributed by atoms with Gasteiger partial charge in [0.2, 0.25) is 0 Å². The van der Waals surface area contributed by atoms with E-state index in [0.29, 0.717) is 17.1 Å². The Morgan fingerprint density at radius 1 is 1.14 bits per heavy atom. The number of amides is 1. The fraction of sp³-hybridized carbons (Fsp3) is 0.333. The maximum Gasteiger partial charge on any atom is 0.260 e. The monoisotopic (exact) mass is 416 g/mol. The molecular formula is C21H23ClN3O2S+. The van der Waals surface area contributed by atoms with E-state index in [0.717, 1.165) is 54.6 Å². The minimum Gasteiger partial charge on any atom is -0.370 e. The zero-order chi connectivity index (χ0) is 19.3. The molecule has 4 rings (SSSR count). The van der Waals surface area contributed by atoms with E-state index in [4.69, 9.17) is 21.3 Å². The minimum atomic E-state index is -0.0345. The largest absolute Gasteiger partial charge is 0.370 e. The molecule has 28 heavy (non-hydrogen) atoms. The molecule has 1 aromatic heterocycles. The van der Waals surface area contributed by atoms with Crippen molar-refractivity contribution in [2.45, 2.75) is 6.42 Å². The van der Waals surface area contributed by atoms with Gasteiger partial charge in [0, 0.05) is 23.6 Å². The van der Waals surface area contributed by atoms with Crippen molar-refractivity contribution in [3.05, 3.63) is 59.1 Å². The van der Waals surface area contributed by atoms with Gasteiger partial charge in [-0.05, 0) is 36.4 Å². The minimum absolute atomic E-state index is 0.0345. The van der Waals surface area contributed by atoms with Gasteiger partial charge in [0.05, 0.1) is 30.0 Å². The van der Waals surface area contributed by atoms with Crippen LogP contribution in [0, 0.1) is 0 Å². The molecule has 1 N–H and O–H groups in total. The fourth-order valence-corrected chi connectivity index (χ4v) is 4.52. The first kappa shape index (κ1) is 19.3. The topological polar surface area (TPSA) is 46.9 Å². The zero-order valence-corrected chi connectivity index (χ0v) is 17.1. The van der Waals surface area contributed by atoms with E-state index in [1.165, 1.54) is 4.90 Å². The number of halogens is 1. The number of para-hydroxylation sites is 1. The van der Waals surface area contributed by atoms with Crippen LogP contribution in [0.25, 0.3) is 10.2 Å². The highest BCUT2D eigenvalue weighted by Gasteiger charge is 2.22. The molecule has 0 radical (unpaired) electrons. The van der Waals surface area contributed by atoms with Crippen LogP contribution in [0.3, 0.4) is 0 Å². The lowest BCUT2D eigenvalue weighted by Crippen LogP contribution is -3.14. The first-order valence-corrected chi connectivity index (χ1v) is 10.7. The number of quaternary nitrogens is 1. The van der Waals surface area contributed by atoms with Crippen molar-refractivity contribution in [2.75, 3.05) is 44.3 Å². The molecule has 0 unspecified atom stereocenters. The lowest BCUT2D eigenvalue weighted by Gasteiger charge is -2.25. The van der Waals surface area contributed by atoms with Gasteiger partial charge in [-0.2, -0.15) is 0 Å². The smallest absolute Gasteiger partial charge is 0.260 e. The number of ether oxygens (including phenoxy) is 1. The van der Waals surface area contributed by atoms with Crippen molar-refractivity contribution >= 4 is 44.2 Å². The number of thiazole rings is 1. The van der Waals surface area contributed by atoms with Crippen molar-refractivity contribution < 1.29 is 14.4 Å². The molecule has 3 aromatic rings. The normalized spacial score (nSPS) is 15.0. The third-order valence-electron chi connectivity index (χ3n) is 4.96. The standard InChI is InChI=1S/C21H22ClN3O2S/c22-17-8-6-16(7-9-17)20(26)25(11-3-10-24-12-14-27-15-13-24)21-23-18-4-1-2-5-19(18)28-21/h1-2,4-9H,3,10-15H2/p+1. The summed E-state index contributed by atoms with van der Waals surface area (Å²) in [5.74, 6) is -0.0345. The van der Waals surface area contributed by atoms with Gasteiger partial charge >= 0.3 is 0 Å². The average Bonchev–Trinajstić information content (AvgIpc) is 3.16. The summed E-state index contributed by atoms with van der Waals surface area (Å²) in [4.78, 5) is 21.3. The van der Waals surface area contributed by atoms with Crippen molar-refractivity contribution in [1.29, 1.82) is 0 Å². The van der Waals surface area contributed by atoms with E-state index in [1.807, 2.05) is 29.2 Å². The van der Waals surface area contributed by atoms with Crippen molar-refractivity contribution in [1.82, 2.24) is 4.98 Å². The molecule has 0 bridgehead atoms. The molecule has 1 fully saturated rings. The first-order chi connectivity index (χ1) is 13.7. The number of aromatic nitrogens is 1. The molecule has 5 nitrogen and oxygen atoms in total. The van der Waals surface area contributed by atoms with Gasteiger partial charge in [-0.25, -0.2) is 4.98 Å². The predicted molar refractivity (Wildman–Crippen MR) is 114 cm³/mol. The second-order valence-corrected chi connectivity index (χ2v) is 8.34. The summed E-state index contributed by atoms with van der Waals surface area (Å²) < 4.78 is 6.52. The van der Waals surface area contributed by atoms with Gasteiger partial charge in [-0.3, -0.25) is 9.69 Å². The van der Waals surface area contributed by atoms with E-state index in [1.54, 1.807) is 35.6 Å². The Labute approximate surface area is 173 Å². The van der Waals surface area contributed by atoms with Gasteiger partial charge in [0.25, 0.3) is 5.91 Å². The number of hydrogen-bond acceptors (Lipinski definition) is 4. The number of nitrogens with zero attached hydrogens (tertiary/aromatic N) is 2. The summed E-state index contributed by atoms with van der Waals surface area (Å²) in [5, 5.41) is 1.37. The third-order valence-corrected chi connectivity index (χ3v) is 6.27. The predicted octanol–water partition coefficient (Wildman–Crippen LogP) is 2.90. The van der Waals surface area contributed by atoms with Crippen molar-refractivity contribution in [3.8, 4) is 0 Å².